The topological polar surface area (TPSA) is 0 Å². The van der Waals surface area contributed by atoms with Crippen LogP contribution in [0, 0.1) is 5.92 Å². The third kappa shape index (κ3) is 5.49. The van der Waals surface area contributed by atoms with Gasteiger partial charge < -0.3 is 0 Å². The number of hydrogen-bond donors (Lipinski definition) is 3. The Morgan fingerprint density at radius 3 is 1.56 bits per heavy atom. The largest absolute Gasteiger partial charge is 0.179 e. The quantitative estimate of drug-likeness (QED) is 0.533. The Hall–Kier alpha value is 1.05. The normalized spacial score (nSPS) is 10.7. The van der Waals surface area contributed by atoms with Crippen LogP contribution in [0.15, 0.2) is 0 Å². The maximum absolute atomic E-state index is 4.22. The fourth-order valence-corrected chi connectivity index (χ4v) is 1.79. The van der Waals surface area contributed by atoms with Crippen molar-refractivity contribution >= 4 is 37.9 Å². The molecule has 0 amide bonds. The minimum absolute atomic E-state index is 0.725. The van der Waals surface area contributed by atoms with Gasteiger partial charge >= 0.3 is 0 Å². The zero-order chi connectivity index (χ0) is 7.11. The van der Waals surface area contributed by atoms with Crippen LogP contribution in [0.2, 0.25) is 0 Å². The van der Waals surface area contributed by atoms with E-state index in [4.69, 9.17) is 0 Å². The standard InChI is InChI=1S/C6H14S3/c7-3-1-6(5-9)2-4-8/h6-9H,1-5H2. The molecule has 0 saturated carbocycles. The van der Waals surface area contributed by atoms with E-state index in [-0.39, 0.29) is 0 Å². The molecule has 0 radical (unpaired) electrons. The van der Waals surface area contributed by atoms with Gasteiger partial charge in [0.25, 0.3) is 0 Å². The van der Waals surface area contributed by atoms with Crippen molar-refractivity contribution in [1.82, 2.24) is 0 Å². The van der Waals surface area contributed by atoms with Crippen molar-refractivity contribution in [2.24, 2.45) is 5.92 Å². The Morgan fingerprint density at radius 2 is 1.33 bits per heavy atom. The van der Waals surface area contributed by atoms with Crippen molar-refractivity contribution in [3.05, 3.63) is 0 Å². The van der Waals surface area contributed by atoms with Gasteiger partial charge in [0.2, 0.25) is 0 Å². The van der Waals surface area contributed by atoms with Gasteiger partial charge in [0.05, 0.1) is 0 Å². The zero-order valence-electron chi connectivity index (χ0n) is 5.45. The molecule has 56 valence electrons. The van der Waals surface area contributed by atoms with E-state index in [0.29, 0.717) is 0 Å². The van der Waals surface area contributed by atoms with E-state index in [1.54, 1.807) is 0 Å². The van der Waals surface area contributed by atoms with Crippen LogP contribution in [0.25, 0.3) is 0 Å². The number of rotatable bonds is 5. The van der Waals surface area contributed by atoms with Gasteiger partial charge in [0.15, 0.2) is 0 Å². The van der Waals surface area contributed by atoms with Gasteiger partial charge in [-0.15, -0.1) is 0 Å². The van der Waals surface area contributed by atoms with Crippen LogP contribution in [0.3, 0.4) is 0 Å². The lowest BCUT2D eigenvalue weighted by molar-refractivity contribution is 0.566. The van der Waals surface area contributed by atoms with Gasteiger partial charge in [-0.2, -0.15) is 37.9 Å². The third-order valence-corrected chi connectivity index (χ3v) is 2.37. The average molecular weight is 182 g/mol. The highest BCUT2D eigenvalue weighted by Gasteiger charge is 2.02. The first-order chi connectivity index (χ1) is 4.35. The third-order valence-electron chi connectivity index (χ3n) is 1.33. The average Bonchev–Trinajstić information content (AvgIpc) is 1.88. The van der Waals surface area contributed by atoms with E-state index in [2.05, 4.69) is 37.9 Å². The van der Waals surface area contributed by atoms with Gasteiger partial charge in [0, 0.05) is 0 Å². The van der Waals surface area contributed by atoms with Crippen molar-refractivity contribution in [3.63, 3.8) is 0 Å². The molecule has 0 aromatic carbocycles. The molecule has 0 spiro atoms. The predicted molar refractivity (Wildman–Crippen MR) is 54.3 cm³/mol. The molecule has 0 aliphatic heterocycles. The summed E-state index contributed by atoms with van der Waals surface area (Å²) < 4.78 is 0. The number of hydrogen-bond acceptors (Lipinski definition) is 3. The molecule has 0 rings (SSSR count). The summed E-state index contributed by atoms with van der Waals surface area (Å²) in [5.41, 5.74) is 0. The molecule has 0 atom stereocenters. The fourth-order valence-electron chi connectivity index (χ4n) is 0.692. The molecule has 0 saturated heterocycles. The second-order valence-corrected chi connectivity index (χ2v) is 3.33. The van der Waals surface area contributed by atoms with Gasteiger partial charge in [-0.05, 0) is 36.0 Å². The van der Waals surface area contributed by atoms with Crippen molar-refractivity contribution in [2.45, 2.75) is 12.8 Å². The summed E-state index contributed by atoms with van der Waals surface area (Å²) in [6.07, 6.45) is 2.35. The molecular weight excluding hydrogens is 168 g/mol. The SMILES string of the molecule is SCCC(CS)CCS. The summed E-state index contributed by atoms with van der Waals surface area (Å²) in [7, 11) is 0. The van der Waals surface area contributed by atoms with Crippen LogP contribution < -0.4 is 0 Å². The highest BCUT2D eigenvalue weighted by Crippen LogP contribution is 2.11. The summed E-state index contributed by atoms with van der Waals surface area (Å²) in [5.74, 6) is 3.64. The summed E-state index contributed by atoms with van der Waals surface area (Å²) in [6.45, 7) is 0. The molecule has 0 heterocycles. The summed E-state index contributed by atoms with van der Waals surface area (Å²) in [6, 6.07) is 0. The first-order valence-corrected chi connectivity index (χ1v) is 5.07. The van der Waals surface area contributed by atoms with E-state index in [1.165, 1.54) is 12.8 Å². The molecule has 0 aromatic rings. The van der Waals surface area contributed by atoms with E-state index < -0.39 is 0 Å². The molecule has 9 heavy (non-hydrogen) atoms. The summed E-state index contributed by atoms with van der Waals surface area (Å²) >= 11 is 12.5. The van der Waals surface area contributed by atoms with Crippen LogP contribution in [0.4, 0.5) is 0 Å². The highest BCUT2D eigenvalue weighted by molar-refractivity contribution is 7.80. The summed E-state index contributed by atoms with van der Waals surface area (Å²) in [4.78, 5) is 0. The van der Waals surface area contributed by atoms with Crippen molar-refractivity contribution in [3.8, 4) is 0 Å². The lowest BCUT2D eigenvalue weighted by Crippen LogP contribution is -2.03. The van der Waals surface area contributed by atoms with Crippen LogP contribution in [-0.2, 0) is 0 Å². The van der Waals surface area contributed by atoms with Crippen LogP contribution in [0.5, 0.6) is 0 Å². The fraction of sp³-hybridized carbons (Fsp3) is 1.00. The first-order valence-electron chi connectivity index (χ1n) is 3.17. The monoisotopic (exact) mass is 182 g/mol. The van der Waals surface area contributed by atoms with Crippen molar-refractivity contribution < 1.29 is 0 Å². The zero-order valence-corrected chi connectivity index (χ0v) is 8.14. The second kappa shape index (κ2) is 7.16. The van der Waals surface area contributed by atoms with Gasteiger partial charge in [0.1, 0.15) is 0 Å². The number of thiol groups is 3. The van der Waals surface area contributed by atoms with E-state index in [1.807, 2.05) is 0 Å². The van der Waals surface area contributed by atoms with Crippen LogP contribution in [0.1, 0.15) is 12.8 Å². The molecule has 0 nitrogen and oxygen atoms in total. The van der Waals surface area contributed by atoms with E-state index in [9.17, 15) is 0 Å². The van der Waals surface area contributed by atoms with Crippen molar-refractivity contribution in [2.75, 3.05) is 17.3 Å². The smallest absolute Gasteiger partial charge is 0.00689 e. The first kappa shape index (κ1) is 10.0. The Bertz CT molecular complexity index is 50.3. The molecule has 0 aliphatic rings. The van der Waals surface area contributed by atoms with Gasteiger partial charge in [-0.25, -0.2) is 0 Å². The molecular formula is C6H14S3. The van der Waals surface area contributed by atoms with E-state index in [0.717, 1.165) is 23.2 Å². The molecule has 0 unspecified atom stereocenters. The van der Waals surface area contributed by atoms with Crippen LogP contribution in [-0.4, -0.2) is 17.3 Å². The molecule has 0 N–H and O–H groups in total. The molecule has 0 aliphatic carbocycles. The second-order valence-electron chi connectivity index (χ2n) is 2.07. The predicted octanol–water partition coefficient (Wildman–Crippen LogP) is 2.17. The van der Waals surface area contributed by atoms with Gasteiger partial charge in [-0.1, -0.05) is 0 Å². The molecule has 0 fully saturated rings. The maximum atomic E-state index is 4.22. The summed E-state index contributed by atoms with van der Waals surface area (Å²) in [5, 5.41) is 0. The minimum atomic E-state index is 0.725. The van der Waals surface area contributed by atoms with Crippen LogP contribution >= 0.6 is 37.9 Å². The Balaban J connectivity index is 3.18. The lowest BCUT2D eigenvalue weighted by atomic mass is 10.1. The molecule has 0 bridgehead atoms. The Kier molecular flexibility index (Phi) is 8.00. The van der Waals surface area contributed by atoms with Crippen molar-refractivity contribution in [1.29, 1.82) is 0 Å². The van der Waals surface area contributed by atoms with Gasteiger partial charge in [-0.3, -0.25) is 0 Å². The Morgan fingerprint density at radius 1 is 0.889 bits per heavy atom. The maximum Gasteiger partial charge on any atom is -0.00689 e. The minimum Gasteiger partial charge on any atom is -0.179 e. The lowest BCUT2D eigenvalue weighted by Gasteiger charge is -2.09. The molecule has 3 heteroatoms. The Labute approximate surface area is 74.0 Å². The molecule has 0 aromatic heterocycles. The van der Waals surface area contributed by atoms with E-state index >= 15 is 0 Å². The highest BCUT2D eigenvalue weighted by atomic mass is 32.1.